The van der Waals surface area contributed by atoms with Gasteiger partial charge in [0.1, 0.15) is 22.8 Å². The van der Waals surface area contributed by atoms with Crippen LogP contribution in [0.2, 0.25) is 0 Å². The highest BCUT2D eigenvalue weighted by molar-refractivity contribution is 8.02. The Labute approximate surface area is 167 Å². The van der Waals surface area contributed by atoms with Crippen LogP contribution in [0.15, 0.2) is 42.2 Å². The molecule has 4 rings (SSSR count). The van der Waals surface area contributed by atoms with E-state index >= 15 is 0 Å². The van der Waals surface area contributed by atoms with Crippen LogP contribution in [0.5, 0.6) is 5.75 Å². The topological polar surface area (TPSA) is 62.4 Å². The highest BCUT2D eigenvalue weighted by atomic mass is 32.2. The Hall–Kier alpha value is -2.12. The van der Waals surface area contributed by atoms with Crippen molar-refractivity contribution in [2.45, 2.75) is 43.5 Å². The van der Waals surface area contributed by atoms with Gasteiger partial charge in [-0.3, -0.25) is 4.98 Å². The molecule has 1 aromatic heterocycles. The molecule has 0 radical (unpaired) electrons. The minimum atomic E-state index is -0.762. The van der Waals surface area contributed by atoms with Gasteiger partial charge in [0.25, 0.3) is 0 Å². The van der Waals surface area contributed by atoms with Gasteiger partial charge in [-0.05, 0) is 48.1 Å². The molecule has 0 spiro atoms. The lowest BCUT2D eigenvalue weighted by atomic mass is 9.76. The van der Waals surface area contributed by atoms with Crippen LogP contribution in [0.1, 0.15) is 48.6 Å². The summed E-state index contributed by atoms with van der Waals surface area (Å²) < 4.78 is 29.0. The number of rotatable bonds is 3. The number of halogens is 2. The Morgan fingerprint density at radius 2 is 1.96 bits per heavy atom. The van der Waals surface area contributed by atoms with Gasteiger partial charge in [0.15, 0.2) is 0 Å². The molecule has 2 aromatic rings. The summed E-state index contributed by atoms with van der Waals surface area (Å²) in [4.78, 5) is 6.12. The van der Waals surface area contributed by atoms with Crippen LogP contribution < -0.4 is 10.6 Å². The first kappa shape index (κ1) is 19.2. The van der Waals surface area contributed by atoms with E-state index in [2.05, 4.69) is 11.9 Å². The Kier molecular flexibility index (Phi) is 5.29. The van der Waals surface area contributed by atoms with E-state index in [0.717, 1.165) is 42.6 Å². The Bertz CT molecular complexity index is 874. The first-order chi connectivity index (χ1) is 13.4. The summed E-state index contributed by atoms with van der Waals surface area (Å²) in [7, 11) is 0. The average Bonchev–Trinajstić information content (AvgIpc) is 3.09. The number of phenols is 1. The van der Waals surface area contributed by atoms with Gasteiger partial charge in [-0.1, -0.05) is 6.92 Å². The first-order valence-corrected chi connectivity index (χ1v) is 10.4. The van der Waals surface area contributed by atoms with Gasteiger partial charge in [-0.15, -0.1) is 11.8 Å². The molecule has 1 aliphatic heterocycles. The van der Waals surface area contributed by atoms with Crippen molar-refractivity contribution in [3.05, 3.63) is 65.0 Å². The summed E-state index contributed by atoms with van der Waals surface area (Å²) in [6, 6.07) is 4.03. The molecular formula is C21H23F2N3OS. The van der Waals surface area contributed by atoms with Crippen LogP contribution in [0.25, 0.3) is 0 Å². The number of hydrogen-bond acceptors (Lipinski definition) is 5. The van der Waals surface area contributed by atoms with Crippen LogP contribution in [0.3, 0.4) is 0 Å². The highest BCUT2D eigenvalue weighted by Crippen LogP contribution is 2.47. The lowest BCUT2D eigenvalue weighted by Gasteiger charge is -2.35. The monoisotopic (exact) mass is 403 g/mol. The van der Waals surface area contributed by atoms with E-state index in [-0.39, 0.29) is 17.5 Å². The molecule has 0 saturated heterocycles. The molecule has 28 heavy (non-hydrogen) atoms. The molecule has 3 N–H and O–H groups in total. The third kappa shape index (κ3) is 3.61. The Morgan fingerprint density at radius 1 is 1.21 bits per heavy atom. The summed E-state index contributed by atoms with van der Waals surface area (Å²) in [5.74, 6) is -1.13. The van der Waals surface area contributed by atoms with Crippen molar-refractivity contribution >= 4 is 17.4 Å². The number of phenolic OH excluding ortho intramolecular Hbond substituents is 1. The van der Waals surface area contributed by atoms with E-state index in [0.29, 0.717) is 5.92 Å². The van der Waals surface area contributed by atoms with Gasteiger partial charge >= 0.3 is 0 Å². The quantitative estimate of drug-likeness (QED) is 0.754. The molecular weight excluding hydrogens is 380 g/mol. The highest BCUT2D eigenvalue weighted by Gasteiger charge is 2.33. The lowest BCUT2D eigenvalue weighted by molar-refractivity contribution is 0.308. The van der Waals surface area contributed by atoms with Crippen LogP contribution >= 0.6 is 11.8 Å². The summed E-state index contributed by atoms with van der Waals surface area (Å²) in [6.07, 6.45) is 8.27. The normalized spacial score (nSPS) is 27.4. The number of nitrogens with zero attached hydrogens (tertiary/aromatic N) is 2. The second-order valence-electron chi connectivity index (χ2n) is 7.71. The maximum absolute atomic E-state index is 14.5. The van der Waals surface area contributed by atoms with E-state index in [4.69, 9.17) is 5.73 Å². The average molecular weight is 403 g/mol. The maximum Gasteiger partial charge on any atom is 0.136 e. The molecule has 0 bridgehead atoms. The van der Waals surface area contributed by atoms with Crippen molar-refractivity contribution in [1.29, 1.82) is 0 Å². The fourth-order valence-electron chi connectivity index (χ4n) is 4.41. The summed E-state index contributed by atoms with van der Waals surface area (Å²) in [6.45, 7) is 2.21. The van der Waals surface area contributed by atoms with Gasteiger partial charge in [0, 0.05) is 30.6 Å². The molecule has 4 nitrogen and oxygen atoms in total. The van der Waals surface area contributed by atoms with E-state index in [1.54, 1.807) is 12.4 Å². The van der Waals surface area contributed by atoms with Crippen molar-refractivity contribution in [2.24, 2.45) is 11.7 Å². The number of aromatic nitrogens is 1. The van der Waals surface area contributed by atoms with E-state index in [9.17, 15) is 13.9 Å². The van der Waals surface area contributed by atoms with E-state index in [1.807, 2.05) is 22.6 Å². The lowest BCUT2D eigenvalue weighted by Crippen LogP contribution is -2.31. The maximum atomic E-state index is 14.5. The minimum absolute atomic E-state index is 0.0729. The van der Waals surface area contributed by atoms with Crippen LogP contribution in [0.4, 0.5) is 14.5 Å². The van der Waals surface area contributed by atoms with Gasteiger partial charge in [0.05, 0.1) is 17.4 Å². The molecule has 1 aromatic carbocycles. The van der Waals surface area contributed by atoms with E-state index < -0.39 is 22.8 Å². The standard InChI is InChI=1S/C21H23F2N3OS/c1-12-6-13(8-14(24)7-12)16-2-3-25-11-19(16)26-4-5-28-21(26)20-17(22)9-15(27)10-18(20)23/h2-5,9-14,21,27H,6-8,24H2,1H3/t12-,13+,14-,21?/m0/s1. The number of hydrogen-bond donors (Lipinski definition) is 2. The van der Waals surface area contributed by atoms with E-state index in [1.165, 1.54) is 11.8 Å². The summed E-state index contributed by atoms with van der Waals surface area (Å²) in [5.41, 5.74) is 8.13. The third-order valence-electron chi connectivity index (χ3n) is 5.52. The molecule has 1 unspecified atom stereocenters. The van der Waals surface area contributed by atoms with Crippen LogP contribution in [-0.2, 0) is 0 Å². The number of benzene rings is 1. The molecule has 1 fully saturated rings. The van der Waals surface area contributed by atoms with Crippen LogP contribution in [0, 0.1) is 17.6 Å². The fraction of sp³-hybridized carbons (Fsp3) is 0.381. The number of thioether (sulfide) groups is 1. The third-order valence-corrected chi connectivity index (χ3v) is 6.52. The first-order valence-electron chi connectivity index (χ1n) is 9.42. The number of nitrogens with two attached hydrogens (primary N) is 1. The van der Waals surface area contributed by atoms with Crippen molar-refractivity contribution < 1.29 is 13.9 Å². The molecule has 1 saturated carbocycles. The largest absolute Gasteiger partial charge is 0.508 e. The van der Waals surface area contributed by atoms with Crippen LogP contribution in [-0.4, -0.2) is 16.1 Å². The van der Waals surface area contributed by atoms with Gasteiger partial charge in [0.2, 0.25) is 0 Å². The number of anilines is 1. The predicted molar refractivity (Wildman–Crippen MR) is 108 cm³/mol. The van der Waals surface area contributed by atoms with Crippen molar-refractivity contribution in [3.8, 4) is 5.75 Å². The Balaban J connectivity index is 1.72. The van der Waals surface area contributed by atoms with Gasteiger partial charge in [-0.25, -0.2) is 8.78 Å². The fourth-order valence-corrected chi connectivity index (χ4v) is 5.43. The Morgan fingerprint density at radius 3 is 2.68 bits per heavy atom. The molecule has 2 aliphatic rings. The minimum Gasteiger partial charge on any atom is -0.508 e. The summed E-state index contributed by atoms with van der Waals surface area (Å²) >= 11 is 1.32. The van der Waals surface area contributed by atoms with Gasteiger partial charge < -0.3 is 15.7 Å². The molecule has 148 valence electrons. The van der Waals surface area contributed by atoms with Crippen molar-refractivity contribution in [3.63, 3.8) is 0 Å². The molecule has 1 aliphatic carbocycles. The zero-order chi connectivity index (χ0) is 19.8. The zero-order valence-corrected chi connectivity index (χ0v) is 16.4. The predicted octanol–water partition coefficient (Wildman–Crippen LogP) is 5.02. The second-order valence-corrected chi connectivity index (χ2v) is 8.70. The smallest absolute Gasteiger partial charge is 0.136 e. The van der Waals surface area contributed by atoms with Gasteiger partial charge in [-0.2, -0.15) is 0 Å². The SMILES string of the molecule is C[C@@H]1C[C@H](N)C[C@H](c2ccncc2N2C=CSC2c2c(F)cc(O)cc2F)C1. The van der Waals surface area contributed by atoms with Crippen molar-refractivity contribution in [2.75, 3.05) is 4.90 Å². The molecule has 7 heteroatoms. The zero-order valence-electron chi connectivity index (χ0n) is 15.6. The molecule has 0 amide bonds. The molecule has 4 atom stereocenters. The van der Waals surface area contributed by atoms with Crippen molar-refractivity contribution in [1.82, 2.24) is 4.98 Å². The number of pyridine rings is 1. The second kappa shape index (κ2) is 7.72. The summed E-state index contributed by atoms with van der Waals surface area (Å²) in [5, 5.41) is 10.7. The molecule has 2 heterocycles. The number of aromatic hydroxyl groups is 1.